The minimum Gasteiger partial charge on any atom is -0.338 e. The van der Waals surface area contributed by atoms with Crippen LogP contribution in [0.1, 0.15) is 36.2 Å². The van der Waals surface area contributed by atoms with Crippen molar-refractivity contribution in [3.63, 3.8) is 0 Å². The molecule has 1 aliphatic heterocycles. The number of hydrogen-bond donors (Lipinski definition) is 1. The summed E-state index contributed by atoms with van der Waals surface area (Å²) in [5.41, 5.74) is -1.24. The molecule has 1 saturated heterocycles. The number of nitrogens with one attached hydrogen (secondary N) is 1. The molecule has 1 heterocycles. The van der Waals surface area contributed by atoms with Crippen molar-refractivity contribution in [1.29, 1.82) is 0 Å². The summed E-state index contributed by atoms with van der Waals surface area (Å²) in [6.07, 6.45) is -3.64. The number of sulfonamides is 1. The molecule has 2 atom stereocenters. The van der Waals surface area contributed by atoms with Crippen molar-refractivity contribution in [3.05, 3.63) is 58.6 Å². The maximum absolute atomic E-state index is 13.0. The highest BCUT2D eigenvalue weighted by molar-refractivity contribution is 7.92. The molecular weight excluding hydrogens is 453 g/mol. The number of nitrogens with zero attached hydrogens (tertiary/aromatic N) is 1. The van der Waals surface area contributed by atoms with Gasteiger partial charge in [-0.3, -0.25) is 9.52 Å². The van der Waals surface area contributed by atoms with Gasteiger partial charge in [-0.15, -0.1) is 0 Å². The first kappa shape index (κ1) is 23.4. The van der Waals surface area contributed by atoms with Crippen molar-refractivity contribution in [3.8, 4) is 0 Å². The molecular formula is C21H22ClF3N2O3S. The lowest BCUT2D eigenvalue weighted by atomic mass is 9.91. The van der Waals surface area contributed by atoms with E-state index in [9.17, 15) is 26.4 Å². The molecule has 0 saturated carbocycles. The van der Waals surface area contributed by atoms with E-state index in [0.29, 0.717) is 31.0 Å². The first-order chi connectivity index (χ1) is 14.4. The van der Waals surface area contributed by atoms with Crippen LogP contribution in [0.4, 0.5) is 18.9 Å². The standard InChI is InChI=1S/C21H22ClF3N2O3S/c1-13-8-14(2)12-27(11-13)20(28)15-4-3-5-17(9-15)31(29,30)26-19-10-16(21(23,24)25)6-7-18(19)22/h3-7,9-10,13-14,26H,8,11-12H2,1-2H3/t13-,14-/m0/s1. The quantitative estimate of drug-likeness (QED) is 0.655. The third-order valence-electron chi connectivity index (χ3n) is 5.09. The van der Waals surface area contributed by atoms with Crippen LogP contribution in [0.15, 0.2) is 47.4 Å². The van der Waals surface area contributed by atoms with Gasteiger partial charge in [0.25, 0.3) is 15.9 Å². The molecule has 2 aromatic carbocycles. The molecule has 5 nitrogen and oxygen atoms in total. The van der Waals surface area contributed by atoms with E-state index in [-0.39, 0.29) is 21.4 Å². The maximum Gasteiger partial charge on any atom is 0.416 e. The van der Waals surface area contributed by atoms with E-state index in [4.69, 9.17) is 11.6 Å². The van der Waals surface area contributed by atoms with E-state index in [1.165, 1.54) is 24.3 Å². The van der Waals surface area contributed by atoms with Crippen LogP contribution in [0, 0.1) is 11.8 Å². The van der Waals surface area contributed by atoms with Gasteiger partial charge in [0.05, 0.1) is 21.2 Å². The Morgan fingerprint density at radius 1 is 1.10 bits per heavy atom. The third kappa shape index (κ3) is 5.51. The van der Waals surface area contributed by atoms with Gasteiger partial charge in [0.15, 0.2) is 0 Å². The molecule has 31 heavy (non-hydrogen) atoms. The Labute approximate surface area is 184 Å². The molecule has 0 aromatic heterocycles. The van der Waals surface area contributed by atoms with Crippen LogP contribution < -0.4 is 4.72 Å². The van der Waals surface area contributed by atoms with Crippen molar-refractivity contribution in [2.24, 2.45) is 11.8 Å². The van der Waals surface area contributed by atoms with Gasteiger partial charge in [-0.25, -0.2) is 8.42 Å². The average Bonchev–Trinajstić information content (AvgIpc) is 2.67. The fourth-order valence-corrected chi connectivity index (χ4v) is 5.13. The van der Waals surface area contributed by atoms with Crippen LogP contribution in [0.3, 0.4) is 0 Å². The third-order valence-corrected chi connectivity index (χ3v) is 6.78. The number of amides is 1. The maximum atomic E-state index is 13.0. The summed E-state index contributed by atoms with van der Waals surface area (Å²) in [6.45, 7) is 5.27. The van der Waals surface area contributed by atoms with Crippen molar-refractivity contribution in [1.82, 2.24) is 4.90 Å². The van der Waals surface area contributed by atoms with Gasteiger partial charge in [-0.1, -0.05) is 31.5 Å². The highest BCUT2D eigenvalue weighted by Crippen LogP contribution is 2.34. The molecule has 10 heteroatoms. The van der Waals surface area contributed by atoms with Crippen LogP contribution in [0.25, 0.3) is 0 Å². The molecule has 3 rings (SSSR count). The predicted octanol–water partition coefficient (Wildman–Crippen LogP) is 5.28. The molecule has 0 spiro atoms. The van der Waals surface area contributed by atoms with Crippen molar-refractivity contribution >= 4 is 33.2 Å². The molecule has 1 N–H and O–H groups in total. The number of anilines is 1. The van der Waals surface area contributed by atoms with Gasteiger partial charge in [0.2, 0.25) is 0 Å². The smallest absolute Gasteiger partial charge is 0.338 e. The topological polar surface area (TPSA) is 66.5 Å². The van der Waals surface area contributed by atoms with Gasteiger partial charge in [-0.05, 0) is 54.7 Å². The number of likely N-dealkylation sites (tertiary alicyclic amines) is 1. The lowest BCUT2D eigenvalue weighted by molar-refractivity contribution is -0.137. The monoisotopic (exact) mass is 474 g/mol. The Bertz CT molecular complexity index is 1080. The van der Waals surface area contributed by atoms with Gasteiger partial charge < -0.3 is 4.90 Å². The van der Waals surface area contributed by atoms with E-state index in [0.717, 1.165) is 18.6 Å². The van der Waals surface area contributed by atoms with Gasteiger partial charge in [-0.2, -0.15) is 13.2 Å². The minimum atomic E-state index is -4.65. The largest absolute Gasteiger partial charge is 0.416 e. The Kier molecular flexibility index (Phi) is 6.57. The highest BCUT2D eigenvalue weighted by Gasteiger charge is 2.32. The first-order valence-electron chi connectivity index (χ1n) is 9.65. The number of carbonyl (C=O) groups is 1. The van der Waals surface area contributed by atoms with Crippen LogP contribution in [0.5, 0.6) is 0 Å². The molecule has 0 radical (unpaired) electrons. The van der Waals surface area contributed by atoms with E-state index in [1.54, 1.807) is 4.90 Å². The van der Waals surface area contributed by atoms with Gasteiger partial charge in [0, 0.05) is 18.7 Å². The fourth-order valence-electron chi connectivity index (χ4n) is 3.79. The minimum absolute atomic E-state index is 0.180. The zero-order chi connectivity index (χ0) is 23.0. The number of alkyl halides is 3. The van der Waals surface area contributed by atoms with Crippen molar-refractivity contribution in [2.75, 3.05) is 17.8 Å². The number of halogens is 4. The lowest BCUT2D eigenvalue weighted by Crippen LogP contribution is -2.42. The number of rotatable bonds is 4. The average molecular weight is 475 g/mol. The Hall–Kier alpha value is -2.26. The van der Waals surface area contributed by atoms with E-state index in [1.807, 2.05) is 0 Å². The Morgan fingerprint density at radius 3 is 2.35 bits per heavy atom. The fraction of sp³-hybridized carbons (Fsp3) is 0.381. The summed E-state index contributed by atoms with van der Waals surface area (Å²) in [5.74, 6) is 0.390. The van der Waals surface area contributed by atoms with E-state index < -0.39 is 27.5 Å². The SMILES string of the molecule is C[C@H]1C[C@H](C)CN(C(=O)c2cccc(S(=O)(=O)Nc3cc(C(F)(F)F)ccc3Cl)c2)C1. The molecule has 1 aliphatic rings. The highest BCUT2D eigenvalue weighted by atomic mass is 35.5. The Morgan fingerprint density at radius 2 is 1.74 bits per heavy atom. The number of carbonyl (C=O) groups excluding carboxylic acids is 1. The summed E-state index contributed by atoms with van der Waals surface area (Å²) < 4.78 is 66.6. The Balaban J connectivity index is 1.87. The van der Waals surface area contributed by atoms with Gasteiger partial charge in [0.1, 0.15) is 0 Å². The second-order valence-corrected chi connectivity index (χ2v) is 10.1. The lowest BCUT2D eigenvalue weighted by Gasteiger charge is -2.35. The summed E-state index contributed by atoms with van der Waals surface area (Å²) >= 11 is 5.90. The molecule has 168 valence electrons. The van der Waals surface area contributed by atoms with E-state index in [2.05, 4.69) is 18.6 Å². The number of benzene rings is 2. The van der Waals surface area contributed by atoms with Crippen molar-refractivity contribution in [2.45, 2.75) is 31.3 Å². The summed E-state index contributed by atoms with van der Waals surface area (Å²) in [4.78, 5) is 14.4. The zero-order valence-electron chi connectivity index (χ0n) is 16.9. The van der Waals surface area contributed by atoms with Crippen LogP contribution in [-0.2, 0) is 16.2 Å². The summed E-state index contributed by atoms with van der Waals surface area (Å²) in [5, 5.41) is -0.180. The first-order valence-corrected chi connectivity index (χ1v) is 11.5. The molecule has 0 bridgehead atoms. The summed E-state index contributed by atoms with van der Waals surface area (Å²) in [7, 11) is -4.28. The molecule has 1 amide bonds. The second-order valence-electron chi connectivity index (χ2n) is 7.98. The zero-order valence-corrected chi connectivity index (χ0v) is 18.5. The summed E-state index contributed by atoms with van der Waals surface area (Å²) in [6, 6.07) is 7.79. The number of piperidine rings is 1. The van der Waals surface area contributed by atoms with Gasteiger partial charge >= 0.3 is 6.18 Å². The predicted molar refractivity (Wildman–Crippen MR) is 113 cm³/mol. The second kappa shape index (κ2) is 8.70. The van der Waals surface area contributed by atoms with Crippen LogP contribution in [0.2, 0.25) is 5.02 Å². The molecule has 2 aromatic rings. The van der Waals surface area contributed by atoms with Crippen LogP contribution in [-0.4, -0.2) is 32.3 Å². The molecule has 1 fully saturated rings. The normalized spacial score (nSPS) is 19.9. The molecule has 0 unspecified atom stereocenters. The number of hydrogen-bond acceptors (Lipinski definition) is 3. The molecule has 0 aliphatic carbocycles. The van der Waals surface area contributed by atoms with Crippen molar-refractivity contribution < 1.29 is 26.4 Å². The van der Waals surface area contributed by atoms with Crippen LogP contribution >= 0.6 is 11.6 Å². The van der Waals surface area contributed by atoms with E-state index >= 15 is 0 Å².